The largest absolute Gasteiger partial charge is 0.477 e. The maximum absolute atomic E-state index is 13.5. The molecule has 2 aromatic rings. The van der Waals surface area contributed by atoms with Crippen LogP contribution in [0.25, 0.3) is 10.8 Å². The Hall–Kier alpha value is -1.98. The molecule has 29 heavy (non-hydrogen) atoms. The van der Waals surface area contributed by atoms with Crippen molar-refractivity contribution >= 4 is 16.6 Å². The van der Waals surface area contributed by atoms with Crippen molar-refractivity contribution in [2.45, 2.75) is 57.3 Å². The van der Waals surface area contributed by atoms with E-state index in [1.54, 1.807) is 0 Å². The van der Waals surface area contributed by atoms with Gasteiger partial charge in [-0.1, -0.05) is 37.1 Å². The molecule has 3 aliphatic rings. The quantitative estimate of drug-likeness (QED) is 0.762. The van der Waals surface area contributed by atoms with Crippen LogP contribution < -0.4 is 4.74 Å². The molecule has 1 aliphatic carbocycles. The number of alkyl halides is 1. The molecular formula is C24H29FN2O2. The van der Waals surface area contributed by atoms with Crippen LogP contribution >= 0.6 is 0 Å². The molecule has 0 radical (unpaired) electrons. The van der Waals surface area contributed by atoms with Gasteiger partial charge in [0.1, 0.15) is 18.7 Å². The molecule has 2 aromatic carbocycles. The maximum Gasteiger partial charge on any atom is 0.180 e. The number of ether oxygens (including phenoxy) is 1. The van der Waals surface area contributed by atoms with E-state index in [1.807, 2.05) is 18.2 Å². The summed E-state index contributed by atoms with van der Waals surface area (Å²) in [7, 11) is 0. The number of Topliss-reactive ketones (excluding diaryl/α,β-unsaturated/α-hetero) is 1. The highest BCUT2D eigenvalue weighted by atomic mass is 19.1. The molecule has 0 unspecified atom stereocenters. The van der Waals surface area contributed by atoms with E-state index in [2.05, 4.69) is 21.9 Å². The predicted octanol–water partition coefficient (Wildman–Crippen LogP) is 4.55. The van der Waals surface area contributed by atoms with Crippen LogP contribution in [0.1, 0.15) is 54.4 Å². The minimum Gasteiger partial charge on any atom is -0.477 e. The van der Waals surface area contributed by atoms with Crippen molar-refractivity contribution in [1.82, 2.24) is 9.80 Å². The number of likely N-dealkylation sites (tertiary alicyclic amines) is 1. The monoisotopic (exact) mass is 396 g/mol. The van der Waals surface area contributed by atoms with Crippen LogP contribution in [0.15, 0.2) is 30.3 Å². The molecule has 1 saturated carbocycles. The first-order valence-corrected chi connectivity index (χ1v) is 11.0. The zero-order valence-corrected chi connectivity index (χ0v) is 16.9. The predicted molar refractivity (Wildman–Crippen MR) is 112 cm³/mol. The summed E-state index contributed by atoms with van der Waals surface area (Å²) in [5, 5.41) is 2.15. The Labute approximate surface area is 171 Å². The van der Waals surface area contributed by atoms with Crippen molar-refractivity contribution < 1.29 is 13.9 Å². The fourth-order valence-electron chi connectivity index (χ4n) is 5.18. The zero-order valence-electron chi connectivity index (χ0n) is 16.9. The van der Waals surface area contributed by atoms with Gasteiger partial charge >= 0.3 is 0 Å². The smallest absolute Gasteiger partial charge is 0.180 e. The van der Waals surface area contributed by atoms with Gasteiger partial charge in [0.2, 0.25) is 0 Å². The molecule has 5 rings (SSSR count). The van der Waals surface area contributed by atoms with Crippen molar-refractivity contribution in [1.29, 1.82) is 0 Å². The molecule has 2 aliphatic heterocycles. The maximum atomic E-state index is 13.5. The molecule has 2 fully saturated rings. The third-order valence-corrected chi connectivity index (χ3v) is 6.85. The minimum absolute atomic E-state index is 0.152. The number of hydrogen-bond acceptors (Lipinski definition) is 4. The Morgan fingerprint density at radius 2 is 1.76 bits per heavy atom. The van der Waals surface area contributed by atoms with E-state index < -0.39 is 6.17 Å². The first-order valence-electron chi connectivity index (χ1n) is 11.0. The van der Waals surface area contributed by atoms with E-state index in [0.717, 1.165) is 54.6 Å². The van der Waals surface area contributed by atoms with Gasteiger partial charge in [-0.3, -0.25) is 14.6 Å². The lowest BCUT2D eigenvalue weighted by molar-refractivity contribution is 0.0752. The Morgan fingerprint density at radius 1 is 1.03 bits per heavy atom. The number of benzene rings is 2. The molecule has 0 amide bonds. The number of nitrogens with zero attached hydrogens (tertiary/aromatic N) is 2. The van der Waals surface area contributed by atoms with Gasteiger partial charge < -0.3 is 4.74 Å². The van der Waals surface area contributed by atoms with Crippen LogP contribution in [0.2, 0.25) is 0 Å². The van der Waals surface area contributed by atoms with Crippen molar-refractivity contribution in [3.05, 3.63) is 41.5 Å². The summed E-state index contributed by atoms with van der Waals surface area (Å²) in [6.45, 7) is 3.21. The van der Waals surface area contributed by atoms with Gasteiger partial charge in [-0.2, -0.15) is 0 Å². The molecule has 0 spiro atoms. The lowest BCUT2D eigenvalue weighted by atomic mass is 9.96. The van der Waals surface area contributed by atoms with Crippen molar-refractivity contribution in [3.8, 4) is 5.75 Å². The summed E-state index contributed by atoms with van der Waals surface area (Å²) in [6, 6.07) is 10.7. The average Bonchev–Trinajstić information content (AvgIpc) is 3.22. The third-order valence-electron chi connectivity index (χ3n) is 6.85. The fourth-order valence-corrected chi connectivity index (χ4v) is 5.18. The number of fused-ring (bicyclic) bond motifs is 3. The van der Waals surface area contributed by atoms with E-state index in [-0.39, 0.29) is 5.78 Å². The summed E-state index contributed by atoms with van der Waals surface area (Å²) < 4.78 is 19.8. The van der Waals surface area contributed by atoms with Crippen molar-refractivity contribution in [3.63, 3.8) is 0 Å². The van der Waals surface area contributed by atoms with Gasteiger partial charge in [0, 0.05) is 31.1 Å². The van der Waals surface area contributed by atoms with E-state index in [4.69, 9.17) is 4.74 Å². The lowest BCUT2D eigenvalue weighted by Crippen LogP contribution is -2.38. The summed E-state index contributed by atoms with van der Waals surface area (Å²) in [4.78, 5) is 17.7. The van der Waals surface area contributed by atoms with Crippen molar-refractivity contribution in [2.75, 3.05) is 26.4 Å². The number of carbonyl (C=O) groups is 1. The summed E-state index contributed by atoms with van der Waals surface area (Å²) in [5.41, 5.74) is 1.85. The topological polar surface area (TPSA) is 32.8 Å². The first-order chi connectivity index (χ1) is 14.2. The van der Waals surface area contributed by atoms with Gasteiger partial charge in [-0.05, 0) is 42.7 Å². The van der Waals surface area contributed by atoms with E-state index >= 15 is 0 Å². The number of carbonyl (C=O) groups excluding carboxylic acids is 1. The SMILES string of the molecule is O=C1CN(C2CCCC2)COc2c1cc(CN1CCC(F)CC1)c1ccccc21. The van der Waals surface area contributed by atoms with Crippen LogP contribution in [-0.2, 0) is 6.54 Å². The number of rotatable bonds is 3. The minimum atomic E-state index is -0.674. The highest BCUT2D eigenvalue weighted by molar-refractivity contribution is 6.07. The summed E-state index contributed by atoms with van der Waals surface area (Å²) >= 11 is 0. The van der Waals surface area contributed by atoms with Crippen molar-refractivity contribution in [2.24, 2.45) is 0 Å². The van der Waals surface area contributed by atoms with Gasteiger partial charge in [0.05, 0.1) is 12.1 Å². The second-order valence-corrected chi connectivity index (χ2v) is 8.79. The van der Waals surface area contributed by atoms with Crippen LogP contribution in [-0.4, -0.2) is 54.2 Å². The van der Waals surface area contributed by atoms with E-state index in [1.165, 1.54) is 12.8 Å². The van der Waals surface area contributed by atoms with Crippen LogP contribution in [0.3, 0.4) is 0 Å². The fraction of sp³-hybridized carbons (Fsp3) is 0.542. The lowest BCUT2D eigenvalue weighted by Gasteiger charge is -2.29. The molecule has 154 valence electrons. The number of halogens is 1. The second kappa shape index (κ2) is 8.04. The Balaban J connectivity index is 1.49. The Bertz CT molecular complexity index is 901. The Kier molecular flexibility index (Phi) is 5.27. The summed E-state index contributed by atoms with van der Waals surface area (Å²) in [5.74, 6) is 0.885. The van der Waals surface area contributed by atoms with Crippen LogP contribution in [0.5, 0.6) is 5.75 Å². The Morgan fingerprint density at radius 3 is 2.52 bits per heavy atom. The number of piperidine rings is 1. The van der Waals surface area contributed by atoms with E-state index in [0.29, 0.717) is 37.7 Å². The number of hydrogen-bond donors (Lipinski definition) is 0. The molecule has 0 bridgehead atoms. The van der Waals surface area contributed by atoms with Gasteiger partial charge in [0.25, 0.3) is 0 Å². The molecule has 4 nitrogen and oxygen atoms in total. The standard InChI is InChI=1S/C24H29FN2O2/c25-18-9-11-26(12-10-18)14-17-13-22-23(28)15-27(19-5-1-2-6-19)16-29-24(22)21-8-4-3-7-20(17)21/h3-4,7-8,13,18-19H,1-2,5-6,9-12,14-16H2. The highest BCUT2D eigenvalue weighted by Gasteiger charge is 2.30. The molecule has 0 N–H and O–H groups in total. The van der Waals surface area contributed by atoms with Crippen LogP contribution in [0, 0.1) is 0 Å². The summed E-state index contributed by atoms with van der Waals surface area (Å²) in [6.07, 6.45) is 5.32. The van der Waals surface area contributed by atoms with Gasteiger partial charge in [-0.25, -0.2) is 4.39 Å². The van der Waals surface area contributed by atoms with Crippen LogP contribution in [0.4, 0.5) is 4.39 Å². The zero-order chi connectivity index (χ0) is 19.8. The number of ketones is 1. The molecule has 5 heteroatoms. The van der Waals surface area contributed by atoms with E-state index in [9.17, 15) is 9.18 Å². The normalized spacial score (nSPS) is 22.6. The average molecular weight is 397 g/mol. The first kappa shape index (κ1) is 19.0. The van der Waals surface area contributed by atoms with Gasteiger partial charge in [-0.15, -0.1) is 0 Å². The third kappa shape index (κ3) is 3.78. The highest BCUT2D eigenvalue weighted by Crippen LogP contribution is 2.36. The van der Waals surface area contributed by atoms with Gasteiger partial charge in [0.15, 0.2) is 5.78 Å². The molecule has 2 heterocycles. The molecule has 1 saturated heterocycles. The molecule has 0 atom stereocenters. The molecule has 0 aromatic heterocycles. The second-order valence-electron chi connectivity index (χ2n) is 8.79. The molecular weight excluding hydrogens is 367 g/mol.